The van der Waals surface area contributed by atoms with Crippen LogP contribution < -0.4 is 4.74 Å². The third-order valence-corrected chi connectivity index (χ3v) is 7.37. The lowest BCUT2D eigenvalue weighted by atomic mass is 9.88. The number of hydrogen-bond donors (Lipinski definition) is 1. The molecule has 1 aliphatic carbocycles. The van der Waals surface area contributed by atoms with E-state index in [0.29, 0.717) is 26.2 Å². The zero-order chi connectivity index (χ0) is 26.0. The molecule has 1 N–H and O–H groups in total. The van der Waals surface area contributed by atoms with E-state index in [2.05, 4.69) is 24.0 Å². The molecule has 37 heavy (non-hydrogen) atoms. The van der Waals surface area contributed by atoms with Gasteiger partial charge in [-0.3, -0.25) is 9.59 Å². The van der Waals surface area contributed by atoms with Crippen LogP contribution in [0.5, 0.6) is 5.75 Å². The predicted molar refractivity (Wildman–Crippen MR) is 148 cm³/mol. The number of H-pyrrole nitrogens is 1. The van der Waals surface area contributed by atoms with E-state index in [0.717, 1.165) is 55.4 Å². The SMILES string of the molecule is CCCN(CC(=O)N(CCc1c[nH]c2ccccc12)Cc1ccc(OCC)cc1)C(=O)C1CCCCC1. The van der Waals surface area contributed by atoms with Crippen molar-refractivity contribution in [1.82, 2.24) is 14.8 Å². The number of aromatic nitrogens is 1. The zero-order valence-corrected chi connectivity index (χ0v) is 22.4. The Morgan fingerprint density at radius 1 is 0.946 bits per heavy atom. The molecule has 1 aromatic heterocycles. The van der Waals surface area contributed by atoms with Gasteiger partial charge in [0.1, 0.15) is 5.75 Å². The van der Waals surface area contributed by atoms with Crippen molar-refractivity contribution in [1.29, 1.82) is 0 Å². The van der Waals surface area contributed by atoms with Gasteiger partial charge in [0.25, 0.3) is 0 Å². The van der Waals surface area contributed by atoms with Gasteiger partial charge in [-0.2, -0.15) is 0 Å². The minimum atomic E-state index is 0.00587. The first kappa shape index (κ1) is 26.8. The summed E-state index contributed by atoms with van der Waals surface area (Å²) in [6.45, 7) is 6.53. The van der Waals surface area contributed by atoms with E-state index >= 15 is 0 Å². The number of amides is 2. The molecule has 0 saturated heterocycles. The van der Waals surface area contributed by atoms with Crippen molar-refractivity contribution in [2.24, 2.45) is 5.92 Å². The van der Waals surface area contributed by atoms with Gasteiger partial charge in [-0.05, 0) is 61.9 Å². The fraction of sp³-hybridized carbons (Fsp3) is 0.484. The predicted octanol–water partition coefficient (Wildman–Crippen LogP) is 5.96. The molecular weight excluding hydrogens is 462 g/mol. The molecule has 198 valence electrons. The lowest BCUT2D eigenvalue weighted by Gasteiger charge is -2.31. The van der Waals surface area contributed by atoms with Gasteiger partial charge in [0, 0.05) is 42.7 Å². The largest absolute Gasteiger partial charge is 0.494 e. The van der Waals surface area contributed by atoms with Crippen LogP contribution in [-0.4, -0.2) is 52.8 Å². The van der Waals surface area contributed by atoms with Crippen molar-refractivity contribution in [2.45, 2.75) is 65.3 Å². The molecule has 3 aromatic rings. The van der Waals surface area contributed by atoms with Gasteiger partial charge < -0.3 is 19.5 Å². The lowest BCUT2D eigenvalue weighted by molar-refractivity contribution is -0.144. The summed E-state index contributed by atoms with van der Waals surface area (Å²) in [5.74, 6) is 1.06. The van der Waals surface area contributed by atoms with Gasteiger partial charge in [-0.15, -0.1) is 0 Å². The highest BCUT2D eigenvalue weighted by molar-refractivity contribution is 5.86. The molecule has 0 spiro atoms. The molecule has 1 heterocycles. The highest BCUT2D eigenvalue weighted by Gasteiger charge is 2.28. The molecule has 1 saturated carbocycles. The Balaban J connectivity index is 1.49. The number of carbonyl (C=O) groups excluding carboxylic acids is 2. The van der Waals surface area contributed by atoms with Crippen molar-refractivity contribution >= 4 is 22.7 Å². The number of aromatic amines is 1. The monoisotopic (exact) mass is 503 g/mol. The molecule has 4 rings (SSSR count). The standard InChI is InChI=1S/C31H41N3O3/c1-3-19-34(31(36)25-10-6-5-7-11-25)23-30(35)33(22-24-14-16-27(17-15-24)37-4-2)20-18-26-21-32-29-13-9-8-12-28(26)29/h8-9,12-17,21,25,32H,3-7,10-11,18-20,22-23H2,1-2H3. The molecule has 6 heteroatoms. The number of benzene rings is 2. The minimum absolute atomic E-state index is 0.00587. The summed E-state index contributed by atoms with van der Waals surface area (Å²) in [6, 6.07) is 16.2. The average molecular weight is 504 g/mol. The highest BCUT2D eigenvalue weighted by Crippen LogP contribution is 2.26. The van der Waals surface area contributed by atoms with Gasteiger partial charge >= 0.3 is 0 Å². The number of hydrogen-bond acceptors (Lipinski definition) is 3. The Labute approximate surface area is 221 Å². The first-order valence-corrected chi connectivity index (χ1v) is 13.9. The fourth-order valence-electron chi connectivity index (χ4n) is 5.37. The number of ether oxygens (including phenoxy) is 1. The Kier molecular flexibility index (Phi) is 9.64. The second-order valence-electron chi connectivity index (χ2n) is 10.1. The quantitative estimate of drug-likeness (QED) is 0.332. The van der Waals surface area contributed by atoms with Crippen LogP contribution in [0.1, 0.15) is 63.5 Å². The normalized spacial score (nSPS) is 14.0. The molecule has 0 atom stereocenters. The van der Waals surface area contributed by atoms with Crippen LogP contribution in [0.15, 0.2) is 54.7 Å². The van der Waals surface area contributed by atoms with Crippen LogP contribution >= 0.6 is 0 Å². The van der Waals surface area contributed by atoms with Crippen LogP contribution in [-0.2, 0) is 22.6 Å². The van der Waals surface area contributed by atoms with E-state index < -0.39 is 0 Å². The van der Waals surface area contributed by atoms with Crippen molar-refractivity contribution < 1.29 is 14.3 Å². The fourth-order valence-corrected chi connectivity index (χ4v) is 5.37. The summed E-state index contributed by atoms with van der Waals surface area (Å²) in [6.07, 6.45) is 8.96. The molecule has 0 aliphatic heterocycles. The summed E-state index contributed by atoms with van der Waals surface area (Å²) in [4.78, 5) is 34.1. The maximum Gasteiger partial charge on any atom is 0.242 e. The molecular formula is C31H41N3O3. The molecule has 2 aromatic carbocycles. The van der Waals surface area contributed by atoms with Crippen molar-refractivity contribution in [2.75, 3.05) is 26.2 Å². The van der Waals surface area contributed by atoms with Crippen LogP contribution in [0.4, 0.5) is 0 Å². The molecule has 1 fully saturated rings. The maximum absolute atomic E-state index is 13.7. The van der Waals surface area contributed by atoms with Crippen LogP contribution in [0.25, 0.3) is 10.9 Å². The van der Waals surface area contributed by atoms with E-state index in [4.69, 9.17) is 4.74 Å². The Morgan fingerprint density at radius 3 is 2.43 bits per heavy atom. The molecule has 2 amide bonds. The average Bonchev–Trinajstić information content (AvgIpc) is 3.35. The summed E-state index contributed by atoms with van der Waals surface area (Å²) in [7, 11) is 0. The third-order valence-electron chi connectivity index (χ3n) is 7.37. The van der Waals surface area contributed by atoms with Crippen molar-refractivity contribution in [3.8, 4) is 5.75 Å². The van der Waals surface area contributed by atoms with Gasteiger partial charge in [0.05, 0.1) is 13.2 Å². The van der Waals surface area contributed by atoms with E-state index in [1.807, 2.05) is 59.3 Å². The number of rotatable bonds is 12. The van der Waals surface area contributed by atoms with E-state index in [9.17, 15) is 9.59 Å². The van der Waals surface area contributed by atoms with E-state index in [-0.39, 0.29) is 24.3 Å². The topological polar surface area (TPSA) is 65.6 Å². The molecule has 0 radical (unpaired) electrons. The molecule has 0 unspecified atom stereocenters. The number of nitrogens with zero attached hydrogens (tertiary/aromatic N) is 2. The summed E-state index contributed by atoms with van der Waals surface area (Å²) in [5.41, 5.74) is 3.36. The number of nitrogens with one attached hydrogen (secondary N) is 1. The molecule has 0 bridgehead atoms. The van der Waals surface area contributed by atoms with Crippen molar-refractivity contribution in [3.05, 3.63) is 65.9 Å². The molecule has 6 nitrogen and oxygen atoms in total. The highest BCUT2D eigenvalue weighted by atomic mass is 16.5. The zero-order valence-electron chi connectivity index (χ0n) is 22.4. The maximum atomic E-state index is 13.7. The smallest absolute Gasteiger partial charge is 0.242 e. The number of carbonyl (C=O) groups is 2. The minimum Gasteiger partial charge on any atom is -0.494 e. The van der Waals surface area contributed by atoms with E-state index in [1.54, 1.807) is 0 Å². The number of fused-ring (bicyclic) bond motifs is 1. The van der Waals surface area contributed by atoms with Gasteiger partial charge in [0.15, 0.2) is 0 Å². The molecule has 1 aliphatic rings. The van der Waals surface area contributed by atoms with Crippen molar-refractivity contribution in [3.63, 3.8) is 0 Å². The summed E-state index contributed by atoms with van der Waals surface area (Å²) < 4.78 is 5.59. The van der Waals surface area contributed by atoms with Gasteiger partial charge in [-0.1, -0.05) is 56.5 Å². The van der Waals surface area contributed by atoms with Crippen LogP contribution in [0, 0.1) is 5.92 Å². The Morgan fingerprint density at radius 2 is 1.70 bits per heavy atom. The third kappa shape index (κ3) is 7.15. The van der Waals surface area contributed by atoms with Crippen LogP contribution in [0.3, 0.4) is 0 Å². The number of para-hydroxylation sites is 1. The first-order chi connectivity index (χ1) is 18.1. The van der Waals surface area contributed by atoms with Crippen LogP contribution in [0.2, 0.25) is 0 Å². The van der Waals surface area contributed by atoms with Gasteiger partial charge in [0.2, 0.25) is 11.8 Å². The first-order valence-electron chi connectivity index (χ1n) is 13.9. The van der Waals surface area contributed by atoms with Gasteiger partial charge in [-0.25, -0.2) is 0 Å². The second kappa shape index (κ2) is 13.3. The van der Waals surface area contributed by atoms with E-state index in [1.165, 1.54) is 17.4 Å². The Hall–Kier alpha value is -3.28. The second-order valence-corrected chi connectivity index (χ2v) is 10.1. The summed E-state index contributed by atoms with van der Waals surface area (Å²) in [5, 5.41) is 1.19. The summed E-state index contributed by atoms with van der Waals surface area (Å²) >= 11 is 0. The lowest BCUT2D eigenvalue weighted by Crippen LogP contribution is -2.45. The Bertz CT molecular complexity index is 1150.